The molecular weight excluding hydrogens is 372 g/mol. The van der Waals surface area contributed by atoms with Crippen molar-refractivity contribution in [1.29, 1.82) is 0 Å². The maximum absolute atomic E-state index is 13.3. The van der Waals surface area contributed by atoms with E-state index in [2.05, 4.69) is 0 Å². The van der Waals surface area contributed by atoms with E-state index in [0.29, 0.717) is 45.1 Å². The average molecular weight is 394 g/mol. The molecule has 3 aromatic rings. The number of fused-ring (bicyclic) bond motifs is 2. The van der Waals surface area contributed by atoms with Crippen LogP contribution in [0.4, 0.5) is 0 Å². The molecule has 1 aliphatic heterocycles. The van der Waals surface area contributed by atoms with E-state index in [-0.39, 0.29) is 5.43 Å². The van der Waals surface area contributed by atoms with Crippen LogP contribution in [0.3, 0.4) is 0 Å². The van der Waals surface area contributed by atoms with Gasteiger partial charge < -0.3 is 23.4 Å². The smallest absolute Gasteiger partial charge is 0.204 e. The van der Waals surface area contributed by atoms with Crippen molar-refractivity contribution < 1.29 is 23.4 Å². The second kappa shape index (κ2) is 6.88. The third-order valence-electron chi connectivity index (χ3n) is 4.91. The summed E-state index contributed by atoms with van der Waals surface area (Å²) in [6.07, 6.45) is 5.39. The molecule has 1 aliphatic rings. The fourth-order valence-electron chi connectivity index (χ4n) is 3.42. The number of rotatable bonds is 4. The SMILES string of the molecule is COc1cc(OC)c2c(=O)c(-c3cc4c(c(OC)c3)OC(C)(C)C=C4)coc2c1. The summed E-state index contributed by atoms with van der Waals surface area (Å²) < 4.78 is 28.0. The largest absolute Gasteiger partial charge is 0.496 e. The molecule has 0 aliphatic carbocycles. The molecule has 0 radical (unpaired) electrons. The first kappa shape index (κ1) is 18.9. The van der Waals surface area contributed by atoms with Crippen LogP contribution in [-0.4, -0.2) is 26.9 Å². The standard InChI is InChI=1S/C23H22O6/c1-23(2)7-6-13-8-14(9-19(27-5)22(13)29-23)16-12-28-18-11-15(25-3)10-17(26-4)20(18)21(16)24/h6-12H,1-5H3. The lowest BCUT2D eigenvalue weighted by Gasteiger charge is -2.29. The van der Waals surface area contributed by atoms with E-state index in [1.165, 1.54) is 13.4 Å². The van der Waals surface area contributed by atoms with Crippen LogP contribution in [0.2, 0.25) is 0 Å². The van der Waals surface area contributed by atoms with E-state index in [4.69, 9.17) is 23.4 Å². The van der Waals surface area contributed by atoms with Crippen molar-refractivity contribution in [3.05, 3.63) is 52.4 Å². The van der Waals surface area contributed by atoms with Gasteiger partial charge in [0, 0.05) is 17.7 Å². The van der Waals surface area contributed by atoms with Crippen molar-refractivity contribution >= 4 is 17.0 Å². The van der Waals surface area contributed by atoms with E-state index in [9.17, 15) is 4.79 Å². The van der Waals surface area contributed by atoms with Gasteiger partial charge in [0.25, 0.3) is 0 Å². The fraction of sp³-hybridized carbons (Fsp3) is 0.261. The Bertz CT molecular complexity index is 1190. The minimum atomic E-state index is -0.434. The molecule has 0 bridgehead atoms. The number of benzene rings is 2. The van der Waals surface area contributed by atoms with Gasteiger partial charge in [-0.25, -0.2) is 0 Å². The Morgan fingerprint density at radius 2 is 1.69 bits per heavy atom. The number of hydrogen-bond donors (Lipinski definition) is 0. The second-order valence-electron chi connectivity index (χ2n) is 7.32. The average Bonchev–Trinajstić information content (AvgIpc) is 2.71. The zero-order valence-electron chi connectivity index (χ0n) is 17.0. The van der Waals surface area contributed by atoms with Crippen LogP contribution in [0.25, 0.3) is 28.2 Å². The van der Waals surface area contributed by atoms with Crippen LogP contribution in [0.1, 0.15) is 19.4 Å². The van der Waals surface area contributed by atoms with Crippen molar-refractivity contribution in [1.82, 2.24) is 0 Å². The molecule has 150 valence electrons. The van der Waals surface area contributed by atoms with Crippen molar-refractivity contribution in [2.75, 3.05) is 21.3 Å². The minimum absolute atomic E-state index is 0.200. The molecule has 0 fully saturated rings. The van der Waals surface area contributed by atoms with E-state index >= 15 is 0 Å². The molecule has 0 N–H and O–H groups in total. The van der Waals surface area contributed by atoms with Crippen LogP contribution in [-0.2, 0) is 0 Å². The normalized spacial score (nSPS) is 14.2. The zero-order valence-corrected chi connectivity index (χ0v) is 17.0. The summed E-state index contributed by atoms with van der Waals surface area (Å²) >= 11 is 0. The molecule has 29 heavy (non-hydrogen) atoms. The summed E-state index contributed by atoms with van der Waals surface area (Å²) in [6.45, 7) is 3.94. The molecule has 2 aromatic carbocycles. The Morgan fingerprint density at radius 1 is 0.931 bits per heavy atom. The highest BCUT2D eigenvalue weighted by Gasteiger charge is 2.26. The maximum Gasteiger partial charge on any atom is 0.204 e. The van der Waals surface area contributed by atoms with Crippen molar-refractivity contribution in [2.45, 2.75) is 19.4 Å². The minimum Gasteiger partial charge on any atom is -0.496 e. The molecule has 0 unspecified atom stereocenters. The van der Waals surface area contributed by atoms with Gasteiger partial charge in [-0.2, -0.15) is 0 Å². The summed E-state index contributed by atoms with van der Waals surface area (Å²) in [5, 5.41) is 0.357. The van der Waals surface area contributed by atoms with Gasteiger partial charge in [-0.05, 0) is 37.6 Å². The van der Waals surface area contributed by atoms with E-state index in [0.717, 1.165) is 5.56 Å². The van der Waals surface area contributed by atoms with Gasteiger partial charge in [0.05, 0.1) is 26.9 Å². The first-order valence-corrected chi connectivity index (χ1v) is 9.15. The number of hydrogen-bond acceptors (Lipinski definition) is 6. The van der Waals surface area contributed by atoms with E-state index in [1.807, 2.05) is 32.1 Å². The first-order chi connectivity index (χ1) is 13.9. The predicted octanol–water partition coefficient (Wildman–Crippen LogP) is 4.67. The molecule has 0 saturated heterocycles. The molecule has 6 nitrogen and oxygen atoms in total. The zero-order chi connectivity index (χ0) is 20.8. The van der Waals surface area contributed by atoms with Crippen molar-refractivity contribution in [2.24, 2.45) is 0 Å². The van der Waals surface area contributed by atoms with Gasteiger partial charge >= 0.3 is 0 Å². The Morgan fingerprint density at radius 3 is 2.38 bits per heavy atom. The highest BCUT2D eigenvalue weighted by Crippen LogP contribution is 2.42. The first-order valence-electron chi connectivity index (χ1n) is 9.15. The molecule has 4 rings (SSSR count). The van der Waals surface area contributed by atoms with Crippen LogP contribution in [0.15, 0.2) is 45.8 Å². The molecular formula is C23H22O6. The Kier molecular flexibility index (Phi) is 4.49. The summed E-state index contributed by atoms with van der Waals surface area (Å²) in [6, 6.07) is 6.99. The third kappa shape index (κ3) is 3.20. The van der Waals surface area contributed by atoms with Gasteiger partial charge in [0.15, 0.2) is 11.5 Å². The van der Waals surface area contributed by atoms with Crippen LogP contribution in [0, 0.1) is 0 Å². The molecule has 0 amide bonds. The lowest BCUT2D eigenvalue weighted by Crippen LogP contribution is -2.27. The third-order valence-corrected chi connectivity index (χ3v) is 4.91. The van der Waals surface area contributed by atoms with Crippen LogP contribution >= 0.6 is 0 Å². The summed E-state index contributed by atoms with van der Waals surface area (Å²) in [5.41, 5.74) is 1.66. The maximum atomic E-state index is 13.3. The molecule has 0 spiro atoms. The summed E-state index contributed by atoms with van der Waals surface area (Å²) in [5.74, 6) is 2.14. The Balaban J connectivity index is 1.94. The molecule has 0 atom stereocenters. The predicted molar refractivity (Wildman–Crippen MR) is 111 cm³/mol. The topological polar surface area (TPSA) is 67.1 Å². The molecule has 6 heteroatoms. The summed E-state index contributed by atoms with van der Waals surface area (Å²) in [4.78, 5) is 13.3. The Labute approximate surface area is 168 Å². The van der Waals surface area contributed by atoms with Gasteiger partial charge in [-0.15, -0.1) is 0 Å². The number of ether oxygens (including phenoxy) is 4. The quantitative estimate of drug-likeness (QED) is 0.641. The molecule has 0 saturated carbocycles. The number of methoxy groups -OCH3 is 3. The lowest BCUT2D eigenvalue weighted by molar-refractivity contribution is 0.152. The van der Waals surface area contributed by atoms with E-state index < -0.39 is 5.60 Å². The highest BCUT2D eigenvalue weighted by atomic mass is 16.5. The van der Waals surface area contributed by atoms with Crippen LogP contribution in [0.5, 0.6) is 23.0 Å². The van der Waals surface area contributed by atoms with Gasteiger partial charge in [0.1, 0.15) is 34.3 Å². The van der Waals surface area contributed by atoms with Gasteiger partial charge in [-0.1, -0.05) is 6.08 Å². The molecule has 2 heterocycles. The van der Waals surface area contributed by atoms with Crippen molar-refractivity contribution in [3.8, 4) is 34.1 Å². The molecule has 1 aromatic heterocycles. The summed E-state index contributed by atoms with van der Waals surface area (Å²) in [7, 11) is 4.63. The van der Waals surface area contributed by atoms with E-state index in [1.54, 1.807) is 32.4 Å². The van der Waals surface area contributed by atoms with Gasteiger partial charge in [0.2, 0.25) is 5.43 Å². The monoisotopic (exact) mass is 394 g/mol. The second-order valence-corrected chi connectivity index (χ2v) is 7.32. The Hall–Kier alpha value is -3.41. The van der Waals surface area contributed by atoms with Crippen LogP contribution < -0.4 is 24.4 Å². The fourth-order valence-corrected chi connectivity index (χ4v) is 3.42. The lowest BCUT2D eigenvalue weighted by atomic mass is 9.97. The van der Waals surface area contributed by atoms with Gasteiger partial charge in [-0.3, -0.25) is 4.79 Å². The highest BCUT2D eigenvalue weighted by molar-refractivity contribution is 5.89. The van der Waals surface area contributed by atoms with Crippen molar-refractivity contribution in [3.63, 3.8) is 0 Å².